The Hall–Kier alpha value is -0.990. The molecule has 0 aliphatic heterocycles. The van der Waals surface area contributed by atoms with Crippen molar-refractivity contribution in [1.82, 2.24) is 4.90 Å². The second-order valence-electron chi connectivity index (χ2n) is 3.26. The summed E-state index contributed by atoms with van der Waals surface area (Å²) >= 11 is 0. The van der Waals surface area contributed by atoms with Crippen LogP contribution in [0.4, 0.5) is 0 Å². The molecule has 0 unspecified atom stereocenters. The molecule has 0 spiro atoms. The van der Waals surface area contributed by atoms with Gasteiger partial charge in [-0.2, -0.15) is 0 Å². The lowest BCUT2D eigenvalue weighted by molar-refractivity contribution is 0.434. The first-order valence-corrected chi connectivity index (χ1v) is 5.37. The zero-order chi connectivity index (χ0) is 10.8. The lowest BCUT2D eigenvalue weighted by Crippen LogP contribution is -2.22. The van der Waals surface area contributed by atoms with Crippen molar-refractivity contribution >= 4 is 6.21 Å². The molecule has 14 heavy (non-hydrogen) atoms. The van der Waals surface area contributed by atoms with Crippen molar-refractivity contribution in [1.29, 1.82) is 0 Å². The van der Waals surface area contributed by atoms with Gasteiger partial charge in [-0.15, -0.1) is 0 Å². The van der Waals surface area contributed by atoms with Crippen LogP contribution in [0.5, 0.6) is 0 Å². The van der Waals surface area contributed by atoms with Crippen LogP contribution in [-0.2, 0) is 0 Å². The summed E-state index contributed by atoms with van der Waals surface area (Å²) < 4.78 is 0. The van der Waals surface area contributed by atoms with Gasteiger partial charge >= 0.3 is 0 Å². The van der Waals surface area contributed by atoms with Crippen molar-refractivity contribution in [2.24, 2.45) is 10.7 Å². The number of allylic oxidation sites excluding steroid dienone is 1. The van der Waals surface area contributed by atoms with Crippen molar-refractivity contribution in [2.75, 3.05) is 20.1 Å². The van der Waals surface area contributed by atoms with Gasteiger partial charge in [0.15, 0.2) is 0 Å². The fraction of sp³-hybridized carbons (Fsp3) is 0.727. The summed E-state index contributed by atoms with van der Waals surface area (Å²) in [5.41, 5.74) is 5.82. The van der Waals surface area contributed by atoms with Gasteiger partial charge in [0.1, 0.15) is 0 Å². The molecule has 0 heterocycles. The minimum atomic E-state index is 0.875. The number of hydrogen-bond acceptors (Lipinski definition) is 3. The van der Waals surface area contributed by atoms with Gasteiger partial charge in [0.25, 0.3) is 0 Å². The van der Waals surface area contributed by atoms with E-state index in [-0.39, 0.29) is 0 Å². The third kappa shape index (κ3) is 6.52. The number of nitrogens with two attached hydrogens (primary N) is 1. The Morgan fingerprint density at radius 3 is 2.64 bits per heavy atom. The van der Waals surface area contributed by atoms with Crippen LogP contribution < -0.4 is 5.73 Å². The largest absolute Gasteiger partial charge is 0.386 e. The quantitative estimate of drug-likeness (QED) is 0.501. The van der Waals surface area contributed by atoms with Crippen molar-refractivity contribution in [3.63, 3.8) is 0 Å². The van der Waals surface area contributed by atoms with Crippen LogP contribution in [0.3, 0.4) is 0 Å². The maximum atomic E-state index is 5.82. The highest BCUT2D eigenvalue weighted by Gasteiger charge is 1.94. The molecule has 0 aromatic rings. The first-order chi connectivity index (χ1) is 6.72. The van der Waals surface area contributed by atoms with Crippen LogP contribution in [0.25, 0.3) is 0 Å². The van der Waals surface area contributed by atoms with E-state index in [9.17, 15) is 0 Å². The molecule has 0 aliphatic carbocycles. The van der Waals surface area contributed by atoms with E-state index in [0.29, 0.717) is 0 Å². The summed E-state index contributed by atoms with van der Waals surface area (Å²) in [5, 5.41) is 0. The second-order valence-corrected chi connectivity index (χ2v) is 3.26. The van der Waals surface area contributed by atoms with Crippen molar-refractivity contribution < 1.29 is 0 Å². The van der Waals surface area contributed by atoms with E-state index in [1.807, 2.05) is 25.1 Å². The summed E-state index contributed by atoms with van der Waals surface area (Å²) in [4.78, 5) is 6.19. The van der Waals surface area contributed by atoms with Gasteiger partial charge in [0, 0.05) is 20.1 Å². The summed E-state index contributed by atoms with van der Waals surface area (Å²) in [6, 6.07) is 0. The van der Waals surface area contributed by atoms with Crippen LogP contribution in [0, 0.1) is 0 Å². The van der Waals surface area contributed by atoms with Crippen molar-refractivity contribution in [2.45, 2.75) is 33.1 Å². The Kier molecular flexibility index (Phi) is 7.99. The minimum Gasteiger partial charge on any atom is -0.386 e. The highest BCUT2D eigenvalue weighted by molar-refractivity contribution is 5.56. The molecule has 3 nitrogen and oxygen atoms in total. The number of nitrogens with zero attached hydrogens (tertiary/aromatic N) is 2. The zero-order valence-electron chi connectivity index (χ0n) is 9.66. The number of aliphatic imine (C=N–C) groups is 1. The third-order valence-corrected chi connectivity index (χ3v) is 2.12. The lowest BCUT2D eigenvalue weighted by atomic mass is 10.2. The molecule has 0 fully saturated rings. The Balaban J connectivity index is 3.55. The molecular weight excluding hydrogens is 174 g/mol. The fourth-order valence-corrected chi connectivity index (χ4v) is 1.02. The predicted molar refractivity (Wildman–Crippen MR) is 63.5 cm³/mol. The SMILES string of the molecule is CCN=CCCC/C=C(/N)N(C)CC. The van der Waals surface area contributed by atoms with Crippen molar-refractivity contribution in [3.8, 4) is 0 Å². The molecule has 0 radical (unpaired) electrons. The van der Waals surface area contributed by atoms with E-state index in [0.717, 1.165) is 38.2 Å². The van der Waals surface area contributed by atoms with Gasteiger partial charge in [0.05, 0.1) is 5.82 Å². The van der Waals surface area contributed by atoms with Gasteiger partial charge in [-0.1, -0.05) is 0 Å². The van der Waals surface area contributed by atoms with Crippen LogP contribution in [0.1, 0.15) is 33.1 Å². The predicted octanol–water partition coefficient (Wildman–Crippen LogP) is 2.00. The number of unbranched alkanes of at least 4 members (excludes halogenated alkanes) is 2. The molecule has 0 atom stereocenters. The van der Waals surface area contributed by atoms with Gasteiger partial charge in [0.2, 0.25) is 0 Å². The van der Waals surface area contributed by atoms with E-state index < -0.39 is 0 Å². The molecule has 3 heteroatoms. The van der Waals surface area contributed by atoms with E-state index in [2.05, 4.69) is 18.0 Å². The molecule has 0 bridgehead atoms. The Labute approximate surface area is 87.7 Å². The van der Waals surface area contributed by atoms with E-state index in [4.69, 9.17) is 5.73 Å². The molecule has 0 aromatic carbocycles. The molecule has 0 rings (SSSR count). The smallest absolute Gasteiger partial charge is 0.0942 e. The maximum absolute atomic E-state index is 5.82. The molecule has 0 saturated carbocycles. The summed E-state index contributed by atoms with van der Waals surface area (Å²) in [7, 11) is 2.00. The van der Waals surface area contributed by atoms with Gasteiger partial charge in [-0.25, -0.2) is 0 Å². The minimum absolute atomic E-state index is 0.875. The first kappa shape index (κ1) is 13.0. The maximum Gasteiger partial charge on any atom is 0.0942 e. The summed E-state index contributed by atoms with van der Waals surface area (Å²) in [6.07, 6.45) is 7.29. The topological polar surface area (TPSA) is 41.6 Å². The van der Waals surface area contributed by atoms with Crippen LogP contribution in [-0.4, -0.2) is 31.3 Å². The Morgan fingerprint density at radius 2 is 2.07 bits per heavy atom. The van der Waals surface area contributed by atoms with Crippen LogP contribution in [0.2, 0.25) is 0 Å². The molecule has 82 valence electrons. The van der Waals surface area contributed by atoms with Gasteiger partial charge in [-0.05, 0) is 45.4 Å². The molecule has 0 aliphatic rings. The summed E-state index contributed by atoms with van der Waals surface area (Å²) in [6.45, 7) is 5.98. The molecule has 0 aromatic heterocycles. The van der Waals surface area contributed by atoms with E-state index in [1.54, 1.807) is 0 Å². The van der Waals surface area contributed by atoms with Gasteiger partial charge in [-0.3, -0.25) is 4.99 Å². The van der Waals surface area contributed by atoms with Gasteiger partial charge < -0.3 is 10.6 Å². The standard InChI is InChI=1S/C11H23N3/c1-4-13-10-8-6-7-9-11(12)14(3)5-2/h9-10H,4-8,12H2,1-3H3/b11-9-,13-10?. The highest BCUT2D eigenvalue weighted by Crippen LogP contribution is 1.99. The normalized spacial score (nSPS) is 12.4. The second kappa shape index (κ2) is 8.60. The molecule has 0 saturated heterocycles. The van der Waals surface area contributed by atoms with Crippen molar-refractivity contribution in [3.05, 3.63) is 11.9 Å². The molecule has 0 amide bonds. The number of rotatable bonds is 7. The molecule has 2 N–H and O–H groups in total. The van der Waals surface area contributed by atoms with E-state index in [1.165, 1.54) is 0 Å². The molecular formula is C11H23N3. The lowest BCUT2D eigenvalue weighted by Gasteiger charge is -2.16. The Bertz CT molecular complexity index is 185. The van der Waals surface area contributed by atoms with Crippen LogP contribution >= 0.6 is 0 Å². The first-order valence-electron chi connectivity index (χ1n) is 5.37. The Morgan fingerprint density at radius 1 is 1.36 bits per heavy atom. The van der Waals surface area contributed by atoms with E-state index >= 15 is 0 Å². The zero-order valence-corrected chi connectivity index (χ0v) is 9.66. The average molecular weight is 197 g/mol. The monoisotopic (exact) mass is 197 g/mol. The number of hydrogen-bond donors (Lipinski definition) is 1. The van der Waals surface area contributed by atoms with Crippen LogP contribution in [0.15, 0.2) is 16.9 Å². The highest BCUT2D eigenvalue weighted by atomic mass is 15.2. The summed E-state index contributed by atoms with van der Waals surface area (Å²) in [5.74, 6) is 0.875. The fourth-order valence-electron chi connectivity index (χ4n) is 1.02. The third-order valence-electron chi connectivity index (χ3n) is 2.12. The average Bonchev–Trinajstić information content (AvgIpc) is 2.21.